The summed E-state index contributed by atoms with van der Waals surface area (Å²) in [5.74, 6) is 0.0325. The Kier molecular flexibility index (Phi) is 4.96. The van der Waals surface area contributed by atoms with Crippen LogP contribution in [0.2, 0.25) is 0 Å². The monoisotopic (exact) mass is 227 g/mol. The van der Waals surface area contributed by atoms with Gasteiger partial charge in [-0.15, -0.1) is 6.58 Å². The molecular weight excluding hydrogens is 206 g/mol. The molecule has 0 saturated carbocycles. The van der Waals surface area contributed by atoms with Gasteiger partial charge in [0.25, 0.3) is 5.91 Å². The van der Waals surface area contributed by atoms with Crippen molar-refractivity contribution in [2.45, 2.75) is 39.0 Å². The quantitative estimate of drug-likeness (QED) is 0.678. The van der Waals surface area contributed by atoms with Crippen molar-refractivity contribution in [1.29, 1.82) is 0 Å². The van der Waals surface area contributed by atoms with E-state index in [0.717, 1.165) is 0 Å². The van der Waals surface area contributed by atoms with Crippen molar-refractivity contribution >= 4 is 5.91 Å². The molecule has 0 radical (unpaired) electrons. The van der Waals surface area contributed by atoms with Crippen LogP contribution < -0.4 is 0 Å². The van der Waals surface area contributed by atoms with Gasteiger partial charge in [-0.25, -0.2) is 0 Å². The molecule has 0 unspecified atom stereocenters. The van der Waals surface area contributed by atoms with E-state index in [9.17, 15) is 4.79 Å². The first-order chi connectivity index (χ1) is 7.57. The van der Waals surface area contributed by atoms with Gasteiger partial charge in [0.2, 0.25) is 0 Å². The zero-order valence-corrected chi connectivity index (χ0v) is 10.3. The van der Waals surface area contributed by atoms with Crippen LogP contribution in [0.25, 0.3) is 0 Å². The van der Waals surface area contributed by atoms with Gasteiger partial charge in [-0.2, -0.15) is 0 Å². The first kappa shape index (κ1) is 13.2. The van der Waals surface area contributed by atoms with Gasteiger partial charge in [0.15, 0.2) is 0 Å². The summed E-state index contributed by atoms with van der Waals surface area (Å²) in [6.07, 6.45) is 1.23. The Morgan fingerprint density at radius 2 is 2.12 bits per heavy atom. The summed E-state index contributed by atoms with van der Waals surface area (Å²) in [5.41, 5.74) is 0. The SMILES string of the molecule is C=CCO[C@@H](C)C(=O)N1[C@H](C)COC[C@@H]1C. The Morgan fingerprint density at radius 1 is 1.56 bits per heavy atom. The van der Waals surface area contributed by atoms with Gasteiger partial charge < -0.3 is 14.4 Å². The summed E-state index contributed by atoms with van der Waals surface area (Å²) in [5, 5.41) is 0. The molecule has 0 aliphatic carbocycles. The summed E-state index contributed by atoms with van der Waals surface area (Å²) in [6, 6.07) is 0.233. The lowest BCUT2D eigenvalue weighted by molar-refractivity contribution is -0.154. The number of carbonyl (C=O) groups is 1. The maximum absolute atomic E-state index is 12.1. The predicted octanol–water partition coefficient (Wildman–Crippen LogP) is 1.21. The zero-order chi connectivity index (χ0) is 12.1. The first-order valence-electron chi connectivity index (χ1n) is 5.70. The second-order valence-corrected chi connectivity index (χ2v) is 4.25. The number of carbonyl (C=O) groups excluding carboxylic acids is 1. The van der Waals surface area contributed by atoms with Crippen LogP contribution in [-0.2, 0) is 14.3 Å². The summed E-state index contributed by atoms with van der Waals surface area (Å²) in [7, 11) is 0. The Labute approximate surface area is 97.2 Å². The molecule has 1 rings (SSSR count). The highest BCUT2D eigenvalue weighted by Crippen LogP contribution is 2.15. The van der Waals surface area contributed by atoms with E-state index < -0.39 is 6.10 Å². The normalized spacial score (nSPS) is 27.6. The molecule has 0 spiro atoms. The Balaban J connectivity index is 2.59. The van der Waals surface area contributed by atoms with Gasteiger partial charge >= 0.3 is 0 Å². The predicted molar refractivity (Wildman–Crippen MR) is 62.2 cm³/mol. The number of amides is 1. The number of hydrogen-bond donors (Lipinski definition) is 0. The third kappa shape index (κ3) is 3.06. The maximum atomic E-state index is 12.1. The van der Waals surface area contributed by atoms with Crippen LogP contribution in [-0.4, -0.2) is 48.8 Å². The molecule has 1 saturated heterocycles. The molecule has 4 nitrogen and oxygen atoms in total. The molecule has 4 heteroatoms. The molecular formula is C12H21NO3. The zero-order valence-electron chi connectivity index (χ0n) is 10.3. The summed E-state index contributed by atoms with van der Waals surface area (Å²) < 4.78 is 10.7. The van der Waals surface area contributed by atoms with Crippen LogP contribution >= 0.6 is 0 Å². The fraction of sp³-hybridized carbons (Fsp3) is 0.750. The van der Waals surface area contributed by atoms with Gasteiger partial charge in [0.1, 0.15) is 6.10 Å². The van der Waals surface area contributed by atoms with Crippen molar-refractivity contribution in [2.75, 3.05) is 19.8 Å². The van der Waals surface area contributed by atoms with E-state index in [0.29, 0.717) is 19.8 Å². The molecule has 0 aromatic heterocycles. The number of nitrogens with zero attached hydrogens (tertiary/aromatic N) is 1. The molecule has 1 fully saturated rings. The van der Waals surface area contributed by atoms with Crippen molar-refractivity contribution in [3.05, 3.63) is 12.7 Å². The maximum Gasteiger partial charge on any atom is 0.252 e. The molecule has 92 valence electrons. The van der Waals surface area contributed by atoms with E-state index in [2.05, 4.69) is 6.58 Å². The molecule has 1 amide bonds. The van der Waals surface area contributed by atoms with E-state index in [1.54, 1.807) is 13.0 Å². The van der Waals surface area contributed by atoms with Gasteiger partial charge in [-0.05, 0) is 20.8 Å². The fourth-order valence-corrected chi connectivity index (χ4v) is 1.93. The number of rotatable bonds is 4. The number of ether oxygens (including phenoxy) is 2. The smallest absolute Gasteiger partial charge is 0.252 e. The van der Waals surface area contributed by atoms with Crippen molar-refractivity contribution in [3.8, 4) is 0 Å². The van der Waals surface area contributed by atoms with E-state index in [1.807, 2.05) is 18.7 Å². The fourth-order valence-electron chi connectivity index (χ4n) is 1.93. The standard InChI is InChI=1S/C12H21NO3/c1-5-6-16-11(4)12(14)13-9(2)7-15-8-10(13)3/h5,9-11H,1,6-8H2,2-4H3/t9-,10+,11-/m0/s1. The van der Waals surface area contributed by atoms with E-state index >= 15 is 0 Å². The summed E-state index contributed by atoms with van der Waals surface area (Å²) in [6.45, 7) is 10.9. The van der Waals surface area contributed by atoms with Gasteiger partial charge in [-0.1, -0.05) is 6.08 Å². The van der Waals surface area contributed by atoms with Crippen molar-refractivity contribution in [3.63, 3.8) is 0 Å². The lowest BCUT2D eigenvalue weighted by atomic mass is 10.1. The highest BCUT2D eigenvalue weighted by atomic mass is 16.5. The second kappa shape index (κ2) is 6.01. The van der Waals surface area contributed by atoms with Crippen LogP contribution in [0.15, 0.2) is 12.7 Å². The first-order valence-corrected chi connectivity index (χ1v) is 5.70. The van der Waals surface area contributed by atoms with Gasteiger partial charge in [0, 0.05) is 0 Å². The van der Waals surface area contributed by atoms with Crippen molar-refractivity contribution in [2.24, 2.45) is 0 Å². The van der Waals surface area contributed by atoms with Crippen LogP contribution in [0.1, 0.15) is 20.8 Å². The van der Waals surface area contributed by atoms with Gasteiger partial charge in [-0.3, -0.25) is 4.79 Å². The molecule has 0 aromatic rings. The Hall–Kier alpha value is -0.870. The minimum Gasteiger partial charge on any atom is -0.377 e. The lowest BCUT2D eigenvalue weighted by Gasteiger charge is -2.40. The van der Waals surface area contributed by atoms with Crippen molar-refractivity contribution in [1.82, 2.24) is 4.90 Å². The molecule has 0 bridgehead atoms. The van der Waals surface area contributed by atoms with Crippen LogP contribution in [0.4, 0.5) is 0 Å². The third-order valence-electron chi connectivity index (χ3n) is 2.73. The average Bonchev–Trinajstić information content (AvgIpc) is 2.25. The molecule has 1 aliphatic heterocycles. The summed E-state index contributed by atoms with van der Waals surface area (Å²) in [4.78, 5) is 14.0. The van der Waals surface area contributed by atoms with Crippen molar-refractivity contribution < 1.29 is 14.3 Å². The highest BCUT2D eigenvalue weighted by molar-refractivity contribution is 5.81. The topological polar surface area (TPSA) is 38.8 Å². The molecule has 1 aliphatic rings. The molecule has 1 heterocycles. The largest absolute Gasteiger partial charge is 0.377 e. The van der Waals surface area contributed by atoms with E-state index in [-0.39, 0.29) is 18.0 Å². The molecule has 0 N–H and O–H groups in total. The molecule has 3 atom stereocenters. The molecule has 0 aromatic carbocycles. The number of morpholine rings is 1. The molecule has 16 heavy (non-hydrogen) atoms. The van der Waals surface area contributed by atoms with Crippen LogP contribution in [0.3, 0.4) is 0 Å². The third-order valence-corrected chi connectivity index (χ3v) is 2.73. The minimum absolute atomic E-state index is 0.0325. The van der Waals surface area contributed by atoms with E-state index in [4.69, 9.17) is 9.47 Å². The minimum atomic E-state index is -0.416. The van der Waals surface area contributed by atoms with Crippen LogP contribution in [0.5, 0.6) is 0 Å². The highest BCUT2D eigenvalue weighted by Gasteiger charge is 2.32. The lowest BCUT2D eigenvalue weighted by Crippen LogP contribution is -2.55. The summed E-state index contributed by atoms with van der Waals surface area (Å²) >= 11 is 0. The average molecular weight is 227 g/mol. The Bertz CT molecular complexity index is 245. The number of hydrogen-bond acceptors (Lipinski definition) is 3. The second-order valence-electron chi connectivity index (χ2n) is 4.25. The Morgan fingerprint density at radius 3 is 2.62 bits per heavy atom. The van der Waals surface area contributed by atoms with Gasteiger partial charge in [0.05, 0.1) is 31.9 Å². The van der Waals surface area contributed by atoms with E-state index in [1.165, 1.54) is 0 Å². The van der Waals surface area contributed by atoms with Crippen LogP contribution in [0, 0.1) is 0 Å².